The number of hydrogen-bond donors (Lipinski definition) is 0. The minimum absolute atomic E-state index is 0.973. The highest BCUT2D eigenvalue weighted by atomic mass is 32.2. The lowest BCUT2D eigenvalue weighted by atomic mass is 10.6. The first kappa shape index (κ1) is 9.42. The van der Waals surface area contributed by atoms with E-state index in [4.69, 9.17) is 12.2 Å². The van der Waals surface area contributed by atoms with Gasteiger partial charge in [-0.15, -0.1) is 23.5 Å². The second-order valence-electron chi connectivity index (χ2n) is 2.28. The Kier molecular flexibility index (Phi) is 3.75. The standard InChI is InChI=1S/C7H11NS3/c1-8-3-4-11-6(8)5-7(9)10-2/h5H,3-4H2,1-2H3/b6-5-. The van der Waals surface area contributed by atoms with Gasteiger partial charge in [0.2, 0.25) is 0 Å². The van der Waals surface area contributed by atoms with Gasteiger partial charge in [0, 0.05) is 19.3 Å². The molecule has 1 heterocycles. The first-order valence-electron chi connectivity index (χ1n) is 3.37. The zero-order valence-electron chi connectivity index (χ0n) is 6.66. The third-order valence-corrected chi connectivity index (χ3v) is 3.75. The van der Waals surface area contributed by atoms with Crippen molar-refractivity contribution in [2.24, 2.45) is 0 Å². The summed E-state index contributed by atoms with van der Waals surface area (Å²) in [7, 11) is 2.11. The molecule has 62 valence electrons. The predicted octanol–water partition coefficient (Wildman–Crippen LogP) is 2.20. The van der Waals surface area contributed by atoms with Crippen molar-refractivity contribution < 1.29 is 0 Å². The van der Waals surface area contributed by atoms with Crippen molar-refractivity contribution in [3.8, 4) is 0 Å². The monoisotopic (exact) mass is 205 g/mol. The van der Waals surface area contributed by atoms with E-state index in [1.807, 2.05) is 18.0 Å². The number of thiocarbonyl (C=S) groups is 1. The molecule has 0 bridgehead atoms. The Morgan fingerprint density at radius 2 is 2.55 bits per heavy atom. The van der Waals surface area contributed by atoms with E-state index in [-0.39, 0.29) is 0 Å². The van der Waals surface area contributed by atoms with Gasteiger partial charge in [0.15, 0.2) is 0 Å². The summed E-state index contributed by atoms with van der Waals surface area (Å²) in [4.78, 5) is 2.24. The fourth-order valence-corrected chi connectivity index (χ4v) is 2.40. The van der Waals surface area contributed by atoms with Gasteiger partial charge in [-0.05, 0) is 12.3 Å². The highest BCUT2D eigenvalue weighted by Crippen LogP contribution is 2.26. The Morgan fingerprint density at radius 1 is 1.82 bits per heavy atom. The van der Waals surface area contributed by atoms with Crippen LogP contribution in [-0.4, -0.2) is 34.7 Å². The molecular weight excluding hydrogens is 194 g/mol. The molecule has 1 fully saturated rings. The molecule has 1 aliphatic rings. The summed E-state index contributed by atoms with van der Waals surface area (Å²) in [5, 5.41) is 1.31. The molecule has 0 aliphatic carbocycles. The first-order valence-corrected chi connectivity index (χ1v) is 5.99. The van der Waals surface area contributed by atoms with Gasteiger partial charge in [0.05, 0.1) is 9.23 Å². The summed E-state index contributed by atoms with van der Waals surface area (Å²) in [6, 6.07) is 0. The van der Waals surface area contributed by atoms with E-state index in [9.17, 15) is 0 Å². The van der Waals surface area contributed by atoms with Crippen molar-refractivity contribution in [1.29, 1.82) is 0 Å². The lowest BCUT2D eigenvalue weighted by Crippen LogP contribution is -2.11. The molecule has 1 nitrogen and oxygen atoms in total. The molecule has 1 aliphatic heterocycles. The molecule has 0 unspecified atom stereocenters. The molecule has 0 aromatic rings. The summed E-state index contributed by atoms with van der Waals surface area (Å²) in [5.74, 6) is 1.19. The summed E-state index contributed by atoms with van der Waals surface area (Å²) in [6.45, 7) is 1.15. The number of nitrogens with zero attached hydrogens (tertiary/aromatic N) is 1. The van der Waals surface area contributed by atoms with E-state index < -0.39 is 0 Å². The van der Waals surface area contributed by atoms with E-state index in [2.05, 4.69) is 18.0 Å². The molecule has 0 radical (unpaired) electrons. The predicted molar refractivity (Wildman–Crippen MR) is 59.3 cm³/mol. The maximum atomic E-state index is 5.09. The summed E-state index contributed by atoms with van der Waals surface area (Å²) >= 11 is 8.60. The lowest BCUT2D eigenvalue weighted by molar-refractivity contribution is 0.493. The average Bonchev–Trinajstić information content (AvgIpc) is 2.37. The van der Waals surface area contributed by atoms with Gasteiger partial charge >= 0.3 is 0 Å². The van der Waals surface area contributed by atoms with Gasteiger partial charge in [-0.2, -0.15) is 0 Å². The van der Waals surface area contributed by atoms with Crippen LogP contribution in [0.15, 0.2) is 11.1 Å². The van der Waals surface area contributed by atoms with Gasteiger partial charge in [-0.1, -0.05) is 12.2 Å². The van der Waals surface area contributed by atoms with Crippen LogP contribution in [0.5, 0.6) is 0 Å². The van der Waals surface area contributed by atoms with E-state index in [0.717, 1.165) is 10.7 Å². The van der Waals surface area contributed by atoms with E-state index in [0.29, 0.717) is 0 Å². The number of rotatable bonds is 1. The zero-order valence-corrected chi connectivity index (χ0v) is 9.11. The van der Waals surface area contributed by atoms with Crippen LogP contribution < -0.4 is 0 Å². The Bertz CT molecular complexity index is 188. The van der Waals surface area contributed by atoms with Crippen LogP contribution in [0.3, 0.4) is 0 Å². The van der Waals surface area contributed by atoms with E-state index >= 15 is 0 Å². The molecule has 0 amide bonds. The molecule has 1 saturated heterocycles. The Hall–Kier alpha value is 0.330. The van der Waals surface area contributed by atoms with E-state index in [1.54, 1.807) is 11.8 Å². The first-order chi connectivity index (χ1) is 5.24. The average molecular weight is 205 g/mol. The normalized spacial score (nSPS) is 21.3. The quantitative estimate of drug-likeness (QED) is 0.476. The lowest BCUT2D eigenvalue weighted by Gasteiger charge is -2.10. The molecule has 11 heavy (non-hydrogen) atoms. The molecule has 0 atom stereocenters. The fourth-order valence-electron chi connectivity index (χ4n) is 0.819. The SMILES string of the molecule is CSC(=S)/C=C1\SCCN1C. The minimum atomic E-state index is 0.973. The van der Waals surface area contributed by atoms with Gasteiger partial charge in [0.1, 0.15) is 0 Å². The smallest absolute Gasteiger partial charge is 0.0729 e. The minimum Gasteiger partial charge on any atom is -0.369 e. The van der Waals surface area contributed by atoms with Crippen molar-refractivity contribution in [3.63, 3.8) is 0 Å². The Balaban J connectivity index is 2.57. The number of thioether (sulfide) groups is 2. The number of hydrogen-bond acceptors (Lipinski definition) is 4. The Labute approximate surface area is 81.6 Å². The second-order valence-corrected chi connectivity index (χ2v) is 4.94. The maximum Gasteiger partial charge on any atom is 0.0729 e. The van der Waals surface area contributed by atoms with Crippen LogP contribution in [-0.2, 0) is 0 Å². The Morgan fingerprint density at radius 3 is 3.00 bits per heavy atom. The van der Waals surface area contributed by atoms with Crippen molar-refractivity contribution in [3.05, 3.63) is 11.1 Å². The largest absolute Gasteiger partial charge is 0.369 e. The van der Waals surface area contributed by atoms with Crippen molar-refractivity contribution in [2.45, 2.75) is 0 Å². The highest BCUT2D eigenvalue weighted by Gasteiger charge is 2.12. The molecule has 0 N–H and O–H groups in total. The molecule has 0 aromatic heterocycles. The van der Waals surface area contributed by atoms with Crippen LogP contribution in [0.2, 0.25) is 0 Å². The highest BCUT2D eigenvalue weighted by molar-refractivity contribution is 8.23. The van der Waals surface area contributed by atoms with E-state index in [1.165, 1.54) is 10.8 Å². The molecule has 0 aromatic carbocycles. The molecule has 4 heteroatoms. The summed E-state index contributed by atoms with van der Waals surface area (Å²) in [6.07, 6.45) is 4.09. The topological polar surface area (TPSA) is 3.24 Å². The maximum absolute atomic E-state index is 5.09. The third kappa shape index (κ3) is 2.69. The van der Waals surface area contributed by atoms with Gasteiger partial charge in [-0.25, -0.2) is 0 Å². The summed E-state index contributed by atoms with van der Waals surface area (Å²) < 4.78 is 0.973. The molecular formula is C7H11NS3. The van der Waals surface area contributed by atoms with Crippen LogP contribution >= 0.6 is 35.7 Å². The third-order valence-electron chi connectivity index (χ3n) is 1.50. The van der Waals surface area contributed by atoms with Crippen molar-refractivity contribution in [1.82, 2.24) is 4.90 Å². The van der Waals surface area contributed by atoms with Crippen LogP contribution in [0.1, 0.15) is 0 Å². The van der Waals surface area contributed by atoms with Crippen molar-refractivity contribution >= 4 is 39.9 Å². The molecule has 0 saturated carbocycles. The zero-order chi connectivity index (χ0) is 8.27. The van der Waals surface area contributed by atoms with Crippen LogP contribution in [0.4, 0.5) is 0 Å². The summed E-state index contributed by atoms with van der Waals surface area (Å²) in [5.41, 5.74) is 0. The van der Waals surface area contributed by atoms with Gasteiger partial charge < -0.3 is 4.90 Å². The fraction of sp³-hybridized carbons (Fsp3) is 0.571. The second kappa shape index (κ2) is 4.38. The van der Waals surface area contributed by atoms with Crippen LogP contribution in [0.25, 0.3) is 0 Å². The molecule has 0 spiro atoms. The van der Waals surface area contributed by atoms with Gasteiger partial charge in [0.25, 0.3) is 0 Å². The van der Waals surface area contributed by atoms with Crippen molar-refractivity contribution in [2.75, 3.05) is 25.6 Å². The van der Waals surface area contributed by atoms with Crippen LogP contribution in [0, 0.1) is 0 Å². The van der Waals surface area contributed by atoms with Gasteiger partial charge in [-0.3, -0.25) is 0 Å². The molecule has 1 rings (SSSR count).